The van der Waals surface area contributed by atoms with Crippen LogP contribution in [0.1, 0.15) is 139 Å². The predicted molar refractivity (Wildman–Crippen MR) is 356 cm³/mol. The third-order valence-corrected chi connectivity index (χ3v) is 20.0. The molecule has 4 fully saturated rings. The first-order chi connectivity index (χ1) is 45.4. The van der Waals surface area contributed by atoms with Crippen LogP contribution >= 0.6 is 0 Å². The minimum atomic E-state index is -1.75. The molecular weight excluding hydrogens is 1200 g/mol. The zero-order valence-corrected chi connectivity index (χ0v) is 54.3. The Kier molecular flexibility index (Phi) is 23.8. The summed E-state index contributed by atoms with van der Waals surface area (Å²) in [7, 11) is 1.63. The van der Waals surface area contributed by atoms with Crippen LogP contribution in [0.15, 0.2) is 131 Å². The van der Waals surface area contributed by atoms with Crippen molar-refractivity contribution in [1.82, 2.24) is 41.7 Å². The molecule has 10 atom stereocenters. The lowest BCUT2D eigenvalue weighted by molar-refractivity contribution is -0.145. The number of ketones is 1. The molecule has 5 aromatic rings. The van der Waals surface area contributed by atoms with Crippen LogP contribution in [-0.2, 0) is 49.4 Å². The molecule has 7 amide bonds. The summed E-state index contributed by atoms with van der Waals surface area (Å²) in [6.07, 6.45) is 6.72. The van der Waals surface area contributed by atoms with Gasteiger partial charge in [-0.05, 0) is 120 Å². The van der Waals surface area contributed by atoms with Crippen molar-refractivity contribution < 1.29 is 48.6 Å². The van der Waals surface area contributed by atoms with Crippen LogP contribution in [0.3, 0.4) is 0 Å². The lowest BCUT2D eigenvalue weighted by Gasteiger charge is -2.38. The molecule has 0 spiro atoms. The highest BCUT2D eigenvalue weighted by molar-refractivity contribution is 6.01. The van der Waals surface area contributed by atoms with Crippen molar-refractivity contribution in [3.8, 4) is 0 Å². The molecule has 1 unspecified atom stereocenters. The van der Waals surface area contributed by atoms with Gasteiger partial charge in [0, 0.05) is 69.1 Å². The molecular formula is C72H92N10O12. The summed E-state index contributed by atoms with van der Waals surface area (Å²) in [6, 6.07) is 30.6. The number of hydrogen-bond donors (Lipinski definition) is 10. The summed E-state index contributed by atoms with van der Waals surface area (Å²) in [5.74, 6) is -4.88. The monoisotopic (exact) mass is 1290 g/mol. The van der Waals surface area contributed by atoms with Gasteiger partial charge in [-0.2, -0.15) is 0 Å². The first-order valence-corrected chi connectivity index (χ1v) is 33.6. The van der Waals surface area contributed by atoms with Gasteiger partial charge >= 0.3 is 0 Å². The van der Waals surface area contributed by atoms with Crippen molar-refractivity contribution in [1.29, 1.82) is 0 Å². The zero-order chi connectivity index (χ0) is 67.1. The first kappa shape index (κ1) is 69.7. The Balaban J connectivity index is 0.805. The second kappa shape index (κ2) is 32.0. The molecule has 0 bridgehead atoms. The van der Waals surface area contributed by atoms with Crippen LogP contribution in [0.25, 0.3) is 0 Å². The van der Waals surface area contributed by atoms with Crippen LogP contribution in [0.2, 0.25) is 0 Å². The highest BCUT2D eigenvalue weighted by atomic mass is 16.3. The summed E-state index contributed by atoms with van der Waals surface area (Å²) in [5.41, 5.74) is -2.35. The number of fused-ring (bicyclic) bond motifs is 2. The van der Waals surface area contributed by atoms with Crippen LogP contribution in [0.4, 0.5) is 11.4 Å². The number of likely N-dealkylation sites (N-methyl/N-ethyl adjacent to an activating group) is 1. The summed E-state index contributed by atoms with van der Waals surface area (Å²) < 4.78 is 0. The van der Waals surface area contributed by atoms with E-state index in [1.807, 2.05) is 31.2 Å². The normalized spacial score (nSPS) is 22.0. The Hall–Kier alpha value is -8.60. The SMILES string of the molecule is CC[C@@H](C)C(=O)N[C@@H]1C(=O)N2C(C(=O)NC(C(=O)NCCCCNc3c(NCCCCCC(=O)C(NC(=O)[C@@H]4CC[C@@H]5CC[C@H](CO)[C@H](NC(=O)[C@H](C)NC)C(=O)N54)(c4ccccc4)c4ccccc4)c(=O)c3=O)(c3ccccc3)c3ccccc3)CC[C@@H]2CC[C@@H]1CO. The molecule has 94 heavy (non-hydrogen) atoms. The molecule has 4 saturated heterocycles. The van der Waals surface area contributed by atoms with Crippen molar-refractivity contribution in [2.24, 2.45) is 17.8 Å². The number of aliphatic hydroxyl groups excluding tert-OH is 2. The van der Waals surface area contributed by atoms with Gasteiger partial charge < -0.3 is 62.5 Å². The molecule has 10 N–H and O–H groups in total. The van der Waals surface area contributed by atoms with Gasteiger partial charge in [0.1, 0.15) is 41.1 Å². The van der Waals surface area contributed by atoms with Gasteiger partial charge in [0.2, 0.25) is 35.4 Å². The number of benzene rings is 4. The molecule has 4 aliphatic rings. The third kappa shape index (κ3) is 14.8. The Morgan fingerprint density at radius 2 is 0.904 bits per heavy atom. The summed E-state index contributed by atoms with van der Waals surface area (Å²) in [5, 5.41) is 45.0. The molecule has 0 saturated carbocycles. The molecule has 0 aromatic heterocycles. The Morgan fingerprint density at radius 1 is 0.511 bits per heavy atom. The topological polar surface area (TPSA) is 314 Å². The number of carbonyl (C=O) groups excluding carboxylic acids is 8. The molecule has 5 aromatic carbocycles. The van der Waals surface area contributed by atoms with E-state index in [9.17, 15) is 53.4 Å². The molecule has 4 aliphatic heterocycles. The van der Waals surface area contributed by atoms with E-state index in [1.54, 1.807) is 128 Å². The number of aliphatic hydroxyl groups is 2. The van der Waals surface area contributed by atoms with Crippen molar-refractivity contribution in [2.45, 2.75) is 170 Å². The minimum Gasteiger partial charge on any atom is -0.396 e. The predicted octanol–water partition coefficient (Wildman–Crippen LogP) is 4.40. The summed E-state index contributed by atoms with van der Waals surface area (Å²) in [4.78, 5) is 144. The molecule has 4 heterocycles. The van der Waals surface area contributed by atoms with Crippen molar-refractivity contribution in [2.75, 3.05) is 50.5 Å². The first-order valence-electron chi connectivity index (χ1n) is 33.6. The Bertz CT molecular complexity index is 3210. The van der Waals surface area contributed by atoms with Crippen LogP contribution in [0.5, 0.6) is 0 Å². The summed E-state index contributed by atoms with van der Waals surface area (Å²) >= 11 is 0. The number of hydrogen-bond acceptors (Lipinski definition) is 15. The summed E-state index contributed by atoms with van der Waals surface area (Å²) in [6.45, 7) is 5.45. The number of nitrogens with one attached hydrogen (secondary N) is 8. The van der Waals surface area contributed by atoms with Gasteiger partial charge in [0.15, 0.2) is 11.3 Å². The third-order valence-electron chi connectivity index (χ3n) is 20.0. The smallest absolute Gasteiger partial charge is 0.255 e. The van der Waals surface area contributed by atoms with Crippen LogP contribution < -0.4 is 53.4 Å². The Labute approximate surface area is 549 Å². The molecule has 502 valence electrons. The molecule has 9 rings (SSSR count). The fraction of sp³-hybridized carbons (Fsp3) is 0.500. The largest absolute Gasteiger partial charge is 0.396 e. The van der Waals surface area contributed by atoms with Crippen molar-refractivity contribution in [3.63, 3.8) is 0 Å². The Morgan fingerprint density at radius 3 is 1.33 bits per heavy atom. The second-order valence-corrected chi connectivity index (χ2v) is 25.7. The van der Waals surface area contributed by atoms with E-state index < -0.39 is 99.4 Å². The van der Waals surface area contributed by atoms with Crippen LogP contribution in [0, 0.1) is 17.8 Å². The molecule has 0 aliphatic carbocycles. The standard InChI is InChI=1S/C72H92N10O12/c1-5-45(2)64(88)77-58-47(43-83)32-34-54-37-39-56(82(54)68(58)92)67(91)80-72(51-27-15-8-16-28-51,52-29-17-9-18-30-52)70(94)76-42-22-21-41-75-61-60(62(86)63(61)87)74-40-20-10-19-31-57(85)71(49-23-11-6-12-24-49,50-25-13-7-14-26-50)79-66(90)55-38-36-53-35-33-48(44-84)59(69(93)81(53)55)78-65(89)46(3)73-4/h6-9,11-18,23-30,45-48,53-56,58-59,73-75,83-84H,5,10,19-22,31-44H2,1-4H3,(H,76,94)(H,77,88)(H,78,89)(H,79,90)(H,80,91)/t45-,46+,47-,48-,53+,54+,55+,56?,58+,59+/m1/s1. The second-order valence-electron chi connectivity index (χ2n) is 25.7. The quantitative estimate of drug-likeness (QED) is 0.0217. The van der Waals surface area contributed by atoms with Gasteiger partial charge in [-0.3, -0.25) is 47.9 Å². The van der Waals surface area contributed by atoms with Crippen molar-refractivity contribution >= 4 is 58.5 Å². The van der Waals surface area contributed by atoms with E-state index >= 15 is 4.79 Å². The maximum Gasteiger partial charge on any atom is 0.255 e. The van der Waals surface area contributed by atoms with E-state index in [-0.39, 0.29) is 73.8 Å². The van der Waals surface area contributed by atoms with Gasteiger partial charge in [0.05, 0.1) is 6.04 Å². The average Bonchev–Trinajstić information content (AvgIpc) is 1.15. The molecule has 0 radical (unpaired) electrons. The number of anilines is 2. The lowest BCUT2D eigenvalue weighted by Crippen LogP contribution is -2.62. The van der Waals surface area contributed by atoms with E-state index in [0.29, 0.717) is 119 Å². The number of amides is 7. The highest BCUT2D eigenvalue weighted by Crippen LogP contribution is 2.40. The number of nitrogens with zero attached hydrogens (tertiary/aromatic N) is 2. The highest BCUT2D eigenvalue weighted by Gasteiger charge is 2.53. The maximum absolute atomic E-state index is 15.1. The van der Waals surface area contributed by atoms with E-state index in [0.717, 1.165) is 0 Å². The maximum atomic E-state index is 15.1. The van der Waals surface area contributed by atoms with E-state index in [1.165, 1.54) is 0 Å². The average molecular weight is 1290 g/mol. The lowest BCUT2D eigenvalue weighted by atomic mass is 9.77. The van der Waals surface area contributed by atoms with Gasteiger partial charge in [-0.25, -0.2) is 0 Å². The fourth-order valence-electron chi connectivity index (χ4n) is 14.2. The number of rotatable bonds is 31. The van der Waals surface area contributed by atoms with Gasteiger partial charge in [0.25, 0.3) is 16.8 Å². The number of carbonyl (C=O) groups is 8. The van der Waals surface area contributed by atoms with Gasteiger partial charge in [-0.15, -0.1) is 0 Å². The van der Waals surface area contributed by atoms with Crippen LogP contribution in [-0.4, -0.2) is 149 Å². The minimum absolute atomic E-state index is 0.0500. The van der Waals surface area contributed by atoms with Crippen molar-refractivity contribution in [3.05, 3.63) is 164 Å². The fourth-order valence-corrected chi connectivity index (χ4v) is 14.2. The number of unbranched alkanes of at least 4 members (excludes halogenated alkanes) is 3. The zero-order valence-electron chi connectivity index (χ0n) is 54.3. The van der Waals surface area contributed by atoms with Gasteiger partial charge in [-0.1, -0.05) is 142 Å². The molecule has 22 heteroatoms. The van der Waals surface area contributed by atoms with E-state index in [2.05, 4.69) is 42.5 Å². The number of Topliss-reactive ketones (excluding diaryl/α,β-unsaturated/α-hetero) is 1. The van der Waals surface area contributed by atoms with E-state index in [4.69, 9.17) is 0 Å². The molecule has 22 nitrogen and oxygen atoms in total.